The molecule has 5 heteroatoms. The molecular formula is C15H15N5. The van der Waals surface area contributed by atoms with Gasteiger partial charge >= 0.3 is 0 Å². The van der Waals surface area contributed by atoms with Crippen LogP contribution in [0.2, 0.25) is 0 Å². The molecule has 0 aliphatic rings. The summed E-state index contributed by atoms with van der Waals surface area (Å²) in [5, 5.41) is 12.0. The molecular weight excluding hydrogens is 250 g/mol. The van der Waals surface area contributed by atoms with E-state index in [0.717, 1.165) is 28.2 Å². The van der Waals surface area contributed by atoms with Crippen LogP contribution >= 0.6 is 0 Å². The minimum atomic E-state index is 0.646. The molecule has 0 atom stereocenters. The monoisotopic (exact) mass is 265 g/mol. The first-order valence-electron chi connectivity index (χ1n) is 6.40. The molecule has 100 valence electrons. The summed E-state index contributed by atoms with van der Waals surface area (Å²) >= 11 is 0. The van der Waals surface area contributed by atoms with Gasteiger partial charge in [0.05, 0.1) is 6.54 Å². The van der Waals surface area contributed by atoms with Crippen molar-refractivity contribution >= 4 is 5.69 Å². The van der Waals surface area contributed by atoms with Gasteiger partial charge in [0, 0.05) is 11.3 Å². The van der Waals surface area contributed by atoms with Crippen molar-refractivity contribution in [2.45, 2.75) is 13.5 Å². The Morgan fingerprint density at radius 2 is 1.90 bits per heavy atom. The molecule has 0 fully saturated rings. The van der Waals surface area contributed by atoms with Gasteiger partial charge in [-0.25, -0.2) is 4.68 Å². The number of nitrogens with zero attached hydrogens (tertiary/aromatic N) is 4. The fourth-order valence-corrected chi connectivity index (χ4v) is 2.20. The topological polar surface area (TPSA) is 69.6 Å². The van der Waals surface area contributed by atoms with E-state index in [1.807, 2.05) is 43.3 Å². The van der Waals surface area contributed by atoms with Gasteiger partial charge in [0.15, 0.2) is 5.82 Å². The highest BCUT2D eigenvalue weighted by molar-refractivity contribution is 5.63. The van der Waals surface area contributed by atoms with Gasteiger partial charge in [0.25, 0.3) is 0 Å². The molecule has 0 bridgehead atoms. The third-order valence-electron chi connectivity index (χ3n) is 3.20. The quantitative estimate of drug-likeness (QED) is 0.738. The van der Waals surface area contributed by atoms with Crippen LogP contribution in [0.3, 0.4) is 0 Å². The molecule has 0 spiro atoms. The average molecular weight is 265 g/mol. The van der Waals surface area contributed by atoms with Crippen LogP contribution in [0.25, 0.3) is 11.4 Å². The van der Waals surface area contributed by atoms with Gasteiger partial charge in [-0.2, -0.15) is 0 Å². The third kappa shape index (κ3) is 2.38. The summed E-state index contributed by atoms with van der Waals surface area (Å²) in [6.45, 7) is 2.65. The molecule has 0 saturated heterocycles. The van der Waals surface area contributed by atoms with Crippen molar-refractivity contribution in [2.75, 3.05) is 5.73 Å². The second-order valence-electron chi connectivity index (χ2n) is 4.72. The first-order valence-corrected chi connectivity index (χ1v) is 6.40. The van der Waals surface area contributed by atoms with E-state index < -0.39 is 0 Å². The van der Waals surface area contributed by atoms with Crippen molar-refractivity contribution in [1.29, 1.82) is 0 Å². The zero-order valence-electron chi connectivity index (χ0n) is 11.2. The maximum absolute atomic E-state index is 5.78. The van der Waals surface area contributed by atoms with Gasteiger partial charge < -0.3 is 5.73 Å². The lowest BCUT2D eigenvalue weighted by atomic mass is 10.1. The molecule has 0 radical (unpaired) electrons. The van der Waals surface area contributed by atoms with E-state index in [1.54, 1.807) is 4.68 Å². The van der Waals surface area contributed by atoms with Gasteiger partial charge in [-0.1, -0.05) is 30.3 Å². The number of anilines is 1. The first-order chi connectivity index (χ1) is 9.74. The van der Waals surface area contributed by atoms with E-state index in [0.29, 0.717) is 6.54 Å². The van der Waals surface area contributed by atoms with Crippen molar-refractivity contribution in [3.05, 3.63) is 59.7 Å². The Kier molecular flexibility index (Phi) is 3.16. The molecule has 3 aromatic rings. The third-order valence-corrected chi connectivity index (χ3v) is 3.20. The zero-order valence-corrected chi connectivity index (χ0v) is 11.2. The Hall–Kier alpha value is -2.69. The molecule has 1 aromatic heterocycles. The molecule has 2 aromatic carbocycles. The summed E-state index contributed by atoms with van der Waals surface area (Å²) in [6.07, 6.45) is 0. The van der Waals surface area contributed by atoms with Crippen LogP contribution in [-0.4, -0.2) is 20.2 Å². The average Bonchev–Trinajstić information content (AvgIpc) is 2.88. The highest BCUT2D eigenvalue weighted by atomic mass is 15.5. The molecule has 0 unspecified atom stereocenters. The molecule has 5 nitrogen and oxygen atoms in total. The predicted octanol–water partition coefficient (Wildman–Crippen LogP) is 2.28. The van der Waals surface area contributed by atoms with Gasteiger partial charge in [-0.3, -0.25) is 0 Å². The lowest BCUT2D eigenvalue weighted by Gasteiger charge is -2.08. The fourth-order valence-electron chi connectivity index (χ4n) is 2.20. The minimum absolute atomic E-state index is 0.646. The normalized spacial score (nSPS) is 10.7. The number of tetrazole rings is 1. The Morgan fingerprint density at radius 3 is 2.65 bits per heavy atom. The van der Waals surface area contributed by atoms with E-state index in [4.69, 9.17) is 5.73 Å². The highest BCUT2D eigenvalue weighted by Crippen LogP contribution is 2.23. The summed E-state index contributed by atoms with van der Waals surface area (Å²) in [5.41, 5.74) is 9.75. The summed E-state index contributed by atoms with van der Waals surface area (Å²) in [6, 6.07) is 15.9. The number of benzene rings is 2. The molecule has 20 heavy (non-hydrogen) atoms. The van der Waals surface area contributed by atoms with Gasteiger partial charge in [0.1, 0.15) is 0 Å². The Balaban J connectivity index is 1.98. The summed E-state index contributed by atoms with van der Waals surface area (Å²) in [5.74, 6) is 0.756. The van der Waals surface area contributed by atoms with Gasteiger partial charge in [-0.05, 0) is 46.7 Å². The second kappa shape index (κ2) is 5.13. The van der Waals surface area contributed by atoms with Crippen molar-refractivity contribution < 1.29 is 0 Å². The highest BCUT2D eigenvalue weighted by Gasteiger charge is 2.11. The van der Waals surface area contributed by atoms with E-state index in [9.17, 15) is 0 Å². The van der Waals surface area contributed by atoms with Crippen LogP contribution in [0, 0.1) is 6.92 Å². The Morgan fingerprint density at radius 1 is 1.10 bits per heavy atom. The molecule has 2 N–H and O–H groups in total. The van der Waals surface area contributed by atoms with E-state index in [1.165, 1.54) is 0 Å². The number of hydrogen-bond donors (Lipinski definition) is 1. The van der Waals surface area contributed by atoms with E-state index in [-0.39, 0.29) is 0 Å². The van der Waals surface area contributed by atoms with Gasteiger partial charge in [0.2, 0.25) is 0 Å². The number of aryl methyl sites for hydroxylation is 1. The minimum Gasteiger partial charge on any atom is -0.399 e. The maximum Gasteiger partial charge on any atom is 0.182 e. The van der Waals surface area contributed by atoms with E-state index >= 15 is 0 Å². The van der Waals surface area contributed by atoms with Crippen molar-refractivity contribution in [1.82, 2.24) is 20.2 Å². The zero-order chi connectivity index (χ0) is 13.9. The van der Waals surface area contributed by atoms with Crippen LogP contribution in [0.15, 0.2) is 48.5 Å². The largest absolute Gasteiger partial charge is 0.399 e. The molecule has 1 heterocycles. The standard InChI is InChI=1S/C15H15N5/c1-11-9-13(16)7-8-14(11)15-17-18-19-20(15)10-12-5-3-2-4-6-12/h2-9H,10,16H2,1H3. The molecule has 0 aliphatic heterocycles. The van der Waals surface area contributed by atoms with Crippen LogP contribution < -0.4 is 5.73 Å². The summed E-state index contributed by atoms with van der Waals surface area (Å²) < 4.78 is 1.80. The lowest BCUT2D eigenvalue weighted by Crippen LogP contribution is -2.05. The van der Waals surface area contributed by atoms with Crippen LogP contribution in [0.5, 0.6) is 0 Å². The van der Waals surface area contributed by atoms with Crippen LogP contribution in [-0.2, 0) is 6.54 Å². The molecule has 0 amide bonds. The van der Waals surface area contributed by atoms with Crippen LogP contribution in [0.4, 0.5) is 5.69 Å². The number of nitrogens with two attached hydrogens (primary N) is 1. The van der Waals surface area contributed by atoms with Gasteiger partial charge in [-0.15, -0.1) is 5.10 Å². The van der Waals surface area contributed by atoms with Crippen molar-refractivity contribution in [3.8, 4) is 11.4 Å². The number of aromatic nitrogens is 4. The maximum atomic E-state index is 5.78. The fraction of sp³-hybridized carbons (Fsp3) is 0.133. The summed E-state index contributed by atoms with van der Waals surface area (Å²) in [4.78, 5) is 0. The molecule has 0 aliphatic carbocycles. The Bertz CT molecular complexity index is 718. The molecule has 3 rings (SSSR count). The Labute approximate surface area is 117 Å². The number of nitrogen functional groups attached to an aromatic ring is 1. The predicted molar refractivity (Wildman–Crippen MR) is 77.9 cm³/mol. The summed E-state index contributed by atoms with van der Waals surface area (Å²) in [7, 11) is 0. The smallest absolute Gasteiger partial charge is 0.182 e. The van der Waals surface area contributed by atoms with Crippen molar-refractivity contribution in [3.63, 3.8) is 0 Å². The SMILES string of the molecule is Cc1cc(N)ccc1-c1nnnn1Cc1ccccc1. The van der Waals surface area contributed by atoms with Crippen molar-refractivity contribution in [2.24, 2.45) is 0 Å². The van der Waals surface area contributed by atoms with E-state index in [2.05, 4.69) is 27.7 Å². The number of hydrogen-bond acceptors (Lipinski definition) is 4. The lowest BCUT2D eigenvalue weighted by molar-refractivity contribution is 0.653. The number of rotatable bonds is 3. The molecule has 0 saturated carbocycles. The second-order valence-corrected chi connectivity index (χ2v) is 4.72. The van der Waals surface area contributed by atoms with Crippen LogP contribution in [0.1, 0.15) is 11.1 Å². The first kappa shape index (κ1) is 12.3.